The van der Waals surface area contributed by atoms with Crippen LogP contribution in [0.25, 0.3) is 0 Å². The number of amides is 4. The zero-order chi connectivity index (χ0) is 12.4. The SMILES string of the molecule is CCC1=C(N2C(=O)CC(=O)NC2=O)CCCC1. The van der Waals surface area contributed by atoms with E-state index >= 15 is 0 Å². The van der Waals surface area contributed by atoms with Crippen LogP contribution in [0.2, 0.25) is 0 Å². The molecule has 1 N–H and O–H groups in total. The van der Waals surface area contributed by atoms with Crippen molar-refractivity contribution in [2.45, 2.75) is 45.4 Å². The zero-order valence-electron chi connectivity index (χ0n) is 9.91. The number of nitrogens with zero attached hydrogens (tertiary/aromatic N) is 1. The van der Waals surface area contributed by atoms with Crippen molar-refractivity contribution < 1.29 is 14.4 Å². The van der Waals surface area contributed by atoms with Crippen LogP contribution in [-0.2, 0) is 9.59 Å². The molecule has 1 aliphatic carbocycles. The van der Waals surface area contributed by atoms with Crippen molar-refractivity contribution in [2.24, 2.45) is 0 Å². The van der Waals surface area contributed by atoms with Crippen LogP contribution in [0.3, 0.4) is 0 Å². The number of rotatable bonds is 2. The van der Waals surface area contributed by atoms with Gasteiger partial charge in [-0.3, -0.25) is 14.9 Å². The summed E-state index contributed by atoms with van der Waals surface area (Å²) in [5.41, 5.74) is 1.97. The predicted molar refractivity (Wildman–Crippen MR) is 60.8 cm³/mol. The molecule has 92 valence electrons. The van der Waals surface area contributed by atoms with Crippen molar-refractivity contribution in [2.75, 3.05) is 0 Å². The number of imide groups is 2. The van der Waals surface area contributed by atoms with E-state index < -0.39 is 17.8 Å². The van der Waals surface area contributed by atoms with Gasteiger partial charge in [-0.25, -0.2) is 9.69 Å². The Balaban J connectivity index is 2.31. The number of carbonyl (C=O) groups is 3. The highest BCUT2D eigenvalue weighted by atomic mass is 16.2. The van der Waals surface area contributed by atoms with Gasteiger partial charge in [0.1, 0.15) is 6.42 Å². The third-order valence-electron chi connectivity index (χ3n) is 3.26. The van der Waals surface area contributed by atoms with Gasteiger partial charge < -0.3 is 0 Å². The second-order valence-electron chi connectivity index (χ2n) is 4.37. The molecule has 1 fully saturated rings. The van der Waals surface area contributed by atoms with E-state index in [-0.39, 0.29) is 6.42 Å². The molecule has 5 nitrogen and oxygen atoms in total. The summed E-state index contributed by atoms with van der Waals surface area (Å²) in [6, 6.07) is -0.589. The van der Waals surface area contributed by atoms with Crippen LogP contribution < -0.4 is 5.32 Å². The molecule has 0 radical (unpaired) electrons. The first kappa shape index (κ1) is 11.8. The maximum absolute atomic E-state index is 11.8. The van der Waals surface area contributed by atoms with E-state index in [4.69, 9.17) is 0 Å². The topological polar surface area (TPSA) is 66.5 Å². The number of hydrogen-bond acceptors (Lipinski definition) is 3. The minimum Gasteiger partial charge on any atom is -0.277 e. The molecule has 0 bridgehead atoms. The quantitative estimate of drug-likeness (QED) is 0.742. The van der Waals surface area contributed by atoms with Crippen molar-refractivity contribution in [3.8, 4) is 0 Å². The molecule has 4 amide bonds. The molecule has 2 aliphatic rings. The van der Waals surface area contributed by atoms with E-state index in [1.165, 1.54) is 4.90 Å². The van der Waals surface area contributed by atoms with Crippen molar-refractivity contribution in [3.05, 3.63) is 11.3 Å². The van der Waals surface area contributed by atoms with Crippen LogP contribution in [0.1, 0.15) is 45.4 Å². The zero-order valence-corrected chi connectivity index (χ0v) is 9.91. The molecule has 0 aromatic carbocycles. The van der Waals surface area contributed by atoms with Gasteiger partial charge in [-0.2, -0.15) is 0 Å². The minimum absolute atomic E-state index is 0.230. The molecule has 0 aromatic rings. The third kappa shape index (κ3) is 2.23. The Morgan fingerprint density at radius 2 is 1.88 bits per heavy atom. The maximum Gasteiger partial charge on any atom is 0.335 e. The summed E-state index contributed by atoms with van der Waals surface area (Å²) < 4.78 is 0. The number of barbiturate groups is 1. The Morgan fingerprint density at radius 1 is 1.18 bits per heavy atom. The Morgan fingerprint density at radius 3 is 2.53 bits per heavy atom. The van der Waals surface area contributed by atoms with E-state index in [2.05, 4.69) is 5.32 Å². The fourth-order valence-corrected chi connectivity index (χ4v) is 2.42. The van der Waals surface area contributed by atoms with Gasteiger partial charge in [0.05, 0.1) is 0 Å². The Hall–Kier alpha value is -1.65. The molecular formula is C12H16N2O3. The fourth-order valence-electron chi connectivity index (χ4n) is 2.42. The Bertz CT molecular complexity index is 392. The molecule has 2 rings (SSSR count). The normalized spacial score (nSPS) is 21.9. The first-order valence-electron chi connectivity index (χ1n) is 6.01. The Kier molecular flexibility index (Phi) is 3.26. The number of hydrogen-bond donors (Lipinski definition) is 1. The molecule has 5 heteroatoms. The van der Waals surface area contributed by atoms with Gasteiger partial charge in [0.2, 0.25) is 11.8 Å². The van der Waals surface area contributed by atoms with Crippen molar-refractivity contribution >= 4 is 17.8 Å². The molecule has 0 atom stereocenters. The lowest BCUT2D eigenvalue weighted by Gasteiger charge is -2.31. The van der Waals surface area contributed by atoms with Gasteiger partial charge in [0, 0.05) is 5.70 Å². The van der Waals surface area contributed by atoms with E-state index in [1.807, 2.05) is 6.92 Å². The summed E-state index contributed by atoms with van der Waals surface area (Å²) in [5.74, 6) is -0.910. The van der Waals surface area contributed by atoms with Crippen LogP contribution in [0, 0.1) is 0 Å². The average Bonchev–Trinajstić information content (AvgIpc) is 2.28. The molecular weight excluding hydrogens is 220 g/mol. The van der Waals surface area contributed by atoms with Crippen molar-refractivity contribution in [1.29, 1.82) is 0 Å². The lowest BCUT2D eigenvalue weighted by atomic mass is 9.93. The van der Waals surface area contributed by atoms with E-state index in [0.717, 1.165) is 43.4 Å². The molecule has 0 saturated carbocycles. The van der Waals surface area contributed by atoms with Crippen molar-refractivity contribution in [1.82, 2.24) is 10.2 Å². The van der Waals surface area contributed by atoms with Gasteiger partial charge in [0.15, 0.2) is 0 Å². The first-order chi connectivity index (χ1) is 8.13. The van der Waals surface area contributed by atoms with E-state index in [1.54, 1.807) is 0 Å². The molecule has 1 aliphatic heterocycles. The van der Waals surface area contributed by atoms with Crippen molar-refractivity contribution in [3.63, 3.8) is 0 Å². The van der Waals surface area contributed by atoms with Gasteiger partial charge in [0.25, 0.3) is 0 Å². The summed E-state index contributed by atoms with van der Waals surface area (Å²) in [5, 5.41) is 2.19. The summed E-state index contributed by atoms with van der Waals surface area (Å²) in [6.45, 7) is 2.03. The fraction of sp³-hybridized carbons (Fsp3) is 0.583. The highest BCUT2D eigenvalue weighted by Crippen LogP contribution is 2.30. The smallest absolute Gasteiger partial charge is 0.277 e. The monoisotopic (exact) mass is 236 g/mol. The predicted octanol–water partition coefficient (Wildman–Crippen LogP) is 1.69. The largest absolute Gasteiger partial charge is 0.335 e. The summed E-state index contributed by atoms with van der Waals surface area (Å²) in [6.07, 6.45) is 4.40. The molecule has 17 heavy (non-hydrogen) atoms. The first-order valence-corrected chi connectivity index (χ1v) is 6.01. The maximum atomic E-state index is 11.8. The van der Waals surface area contributed by atoms with Crippen LogP contribution in [0.5, 0.6) is 0 Å². The summed E-state index contributed by atoms with van der Waals surface area (Å²) >= 11 is 0. The number of allylic oxidation sites excluding steroid dienone is 2. The molecule has 1 saturated heterocycles. The summed E-state index contributed by atoms with van der Waals surface area (Å²) in [4.78, 5) is 35.7. The molecule has 1 heterocycles. The van der Waals surface area contributed by atoms with Crippen LogP contribution in [0.15, 0.2) is 11.3 Å². The van der Waals surface area contributed by atoms with Crippen LogP contribution >= 0.6 is 0 Å². The summed E-state index contributed by atoms with van der Waals surface area (Å²) in [7, 11) is 0. The number of nitrogens with one attached hydrogen (secondary N) is 1. The van der Waals surface area contributed by atoms with E-state index in [9.17, 15) is 14.4 Å². The molecule has 0 spiro atoms. The molecule has 0 unspecified atom stereocenters. The Labute approximate surface area is 99.8 Å². The average molecular weight is 236 g/mol. The van der Waals surface area contributed by atoms with Crippen LogP contribution in [0.4, 0.5) is 4.79 Å². The highest BCUT2D eigenvalue weighted by molar-refractivity contribution is 6.15. The lowest BCUT2D eigenvalue weighted by Crippen LogP contribution is -2.52. The minimum atomic E-state index is -0.589. The van der Waals surface area contributed by atoms with Gasteiger partial charge >= 0.3 is 6.03 Å². The van der Waals surface area contributed by atoms with Crippen LogP contribution in [-0.4, -0.2) is 22.7 Å². The number of urea groups is 1. The van der Waals surface area contributed by atoms with E-state index in [0.29, 0.717) is 0 Å². The molecule has 0 aromatic heterocycles. The number of carbonyl (C=O) groups excluding carboxylic acids is 3. The lowest BCUT2D eigenvalue weighted by molar-refractivity contribution is -0.135. The van der Waals surface area contributed by atoms with Gasteiger partial charge in [-0.15, -0.1) is 0 Å². The second-order valence-corrected chi connectivity index (χ2v) is 4.37. The third-order valence-corrected chi connectivity index (χ3v) is 3.26. The standard InChI is InChI=1S/C12H16N2O3/c1-2-8-5-3-4-6-9(8)14-11(16)7-10(15)13-12(14)17/h2-7H2,1H3,(H,13,15,17). The van der Waals surface area contributed by atoms with Gasteiger partial charge in [-0.05, 0) is 32.1 Å². The van der Waals surface area contributed by atoms with Gasteiger partial charge in [-0.1, -0.05) is 12.5 Å². The second kappa shape index (κ2) is 4.69. The highest BCUT2D eigenvalue weighted by Gasteiger charge is 2.34.